The minimum absolute atomic E-state index is 0.0184. The van der Waals surface area contributed by atoms with Crippen LogP contribution in [0.4, 0.5) is 10.5 Å². The highest BCUT2D eigenvalue weighted by molar-refractivity contribution is 9.10. The van der Waals surface area contributed by atoms with Crippen molar-refractivity contribution >= 4 is 33.6 Å². The number of hydrogen-bond donors (Lipinski definition) is 3. The molecule has 0 bridgehead atoms. The van der Waals surface area contributed by atoms with E-state index in [9.17, 15) is 4.79 Å². The van der Waals surface area contributed by atoms with Gasteiger partial charge in [-0.25, -0.2) is 9.79 Å². The first kappa shape index (κ1) is 14.1. The van der Waals surface area contributed by atoms with Crippen molar-refractivity contribution in [2.45, 2.75) is 6.92 Å². The lowest BCUT2D eigenvalue weighted by molar-refractivity contribution is 0.256. The summed E-state index contributed by atoms with van der Waals surface area (Å²) in [6.45, 7) is 2.01. The van der Waals surface area contributed by atoms with Gasteiger partial charge in [0, 0.05) is 4.47 Å². The van der Waals surface area contributed by atoms with Crippen molar-refractivity contribution in [1.82, 2.24) is 5.32 Å². The second-order valence-corrected chi connectivity index (χ2v) is 4.27. The monoisotopic (exact) mass is 308 g/mol. The molecule has 0 saturated carbocycles. The lowest BCUT2D eigenvalue weighted by Crippen LogP contribution is -2.39. The van der Waals surface area contributed by atoms with Gasteiger partial charge in [0.05, 0.1) is 5.69 Å². The number of benzene rings is 1. The van der Waals surface area contributed by atoms with Crippen molar-refractivity contribution in [3.63, 3.8) is 0 Å². The Labute approximate surface area is 114 Å². The second-order valence-electron chi connectivity index (χ2n) is 3.42. The smallest absolute Gasteiger partial charge is 0.326 e. The van der Waals surface area contributed by atoms with Crippen LogP contribution in [0, 0.1) is 19.3 Å². The molecule has 0 aliphatic carbocycles. The van der Waals surface area contributed by atoms with Crippen LogP contribution in [0.5, 0.6) is 0 Å². The van der Waals surface area contributed by atoms with Crippen LogP contribution in [-0.4, -0.2) is 18.5 Å². The molecule has 0 unspecified atom stereocenters. The fourth-order valence-corrected chi connectivity index (χ4v) is 1.79. The average Bonchev–Trinajstić information content (AvgIpc) is 2.31. The van der Waals surface area contributed by atoms with Crippen LogP contribution in [0.25, 0.3) is 0 Å². The zero-order chi connectivity index (χ0) is 13.5. The van der Waals surface area contributed by atoms with Gasteiger partial charge in [-0.3, -0.25) is 5.32 Å². The molecular formula is C12H13BrN4O. The van der Waals surface area contributed by atoms with Gasteiger partial charge < -0.3 is 11.1 Å². The Morgan fingerprint density at radius 3 is 2.94 bits per heavy atom. The van der Waals surface area contributed by atoms with E-state index in [0.29, 0.717) is 5.69 Å². The van der Waals surface area contributed by atoms with Gasteiger partial charge in [0.1, 0.15) is 6.54 Å². The lowest BCUT2D eigenvalue weighted by atomic mass is 10.2. The molecule has 4 N–H and O–H groups in total. The Hall–Kier alpha value is -2.00. The minimum Gasteiger partial charge on any atom is -0.370 e. The summed E-state index contributed by atoms with van der Waals surface area (Å²) in [6, 6.07) is 5.13. The first-order valence-corrected chi connectivity index (χ1v) is 5.90. The van der Waals surface area contributed by atoms with Gasteiger partial charge in [0.2, 0.25) is 0 Å². The third-order valence-corrected chi connectivity index (χ3v) is 2.70. The molecular weight excluding hydrogens is 296 g/mol. The van der Waals surface area contributed by atoms with Crippen molar-refractivity contribution in [3.05, 3.63) is 28.2 Å². The van der Waals surface area contributed by atoms with Gasteiger partial charge in [-0.2, -0.15) is 0 Å². The van der Waals surface area contributed by atoms with Gasteiger partial charge in [-0.05, 0) is 34.5 Å². The van der Waals surface area contributed by atoms with Crippen molar-refractivity contribution in [1.29, 1.82) is 0 Å². The molecule has 1 rings (SSSR count). The first-order valence-electron chi connectivity index (χ1n) is 5.11. The molecule has 0 aliphatic heterocycles. The maximum atomic E-state index is 11.6. The second kappa shape index (κ2) is 6.67. The lowest BCUT2D eigenvalue weighted by Gasteiger charge is -2.11. The Bertz CT molecular complexity index is 499. The summed E-state index contributed by atoms with van der Waals surface area (Å²) >= 11 is 3.35. The molecule has 0 radical (unpaired) electrons. The fourth-order valence-electron chi connectivity index (χ4n) is 1.22. The summed E-state index contributed by atoms with van der Waals surface area (Å²) in [4.78, 5) is 15.4. The van der Waals surface area contributed by atoms with Crippen molar-refractivity contribution in [2.24, 2.45) is 10.7 Å². The summed E-state index contributed by atoms with van der Waals surface area (Å²) in [7, 11) is 0. The highest BCUT2D eigenvalue weighted by Crippen LogP contribution is 2.25. The number of carbonyl (C=O) groups is 1. The van der Waals surface area contributed by atoms with Crippen molar-refractivity contribution in [2.75, 3.05) is 11.9 Å². The predicted octanol–water partition coefficient (Wildman–Crippen LogP) is 1.83. The topological polar surface area (TPSA) is 79.5 Å². The van der Waals surface area contributed by atoms with E-state index in [1.54, 1.807) is 0 Å². The zero-order valence-electron chi connectivity index (χ0n) is 9.83. The highest BCUT2D eigenvalue weighted by Gasteiger charge is 2.08. The first-order chi connectivity index (χ1) is 8.54. The Kier molecular flexibility index (Phi) is 5.21. The number of carbonyl (C=O) groups excluding carboxylic acids is 1. The van der Waals surface area contributed by atoms with Crippen molar-refractivity contribution < 1.29 is 4.79 Å². The number of nitrogens with two attached hydrogens (primary N) is 1. The van der Waals surface area contributed by atoms with E-state index in [0.717, 1.165) is 10.0 Å². The van der Waals surface area contributed by atoms with E-state index in [1.165, 1.54) is 0 Å². The number of hydrogen-bond acceptors (Lipinski definition) is 2. The Balaban J connectivity index is 2.69. The van der Waals surface area contributed by atoms with Crippen LogP contribution in [0.2, 0.25) is 0 Å². The summed E-state index contributed by atoms with van der Waals surface area (Å²) in [6.07, 6.45) is 5.02. The number of nitrogens with zero attached hydrogens (tertiary/aromatic N) is 1. The number of nitrogens with one attached hydrogen (secondary N) is 2. The van der Waals surface area contributed by atoms with E-state index in [2.05, 4.69) is 37.5 Å². The molecule has 94 valence electrons. The summed E-state index contributed by atoms with van der Waals surface area (Å²) in [5, 5.41) is 5.06. The van der Waals surface area contributed by atoms with Gasteiger partial charge in [-0.15, -0.1) is 6.42 Å². The molecule has 1 aromatic rings. The molecule has 0 fully saturated rings. The number of guanidine groups is 1. The summed E-state index contributed by atoms with van der Waals surface area (Å²) in [5.41, 5.74) is 7.07. The molecule has 1 aromatic carbocycles. The van der Waals surface area contributed by atoms with E-state index in [1.807, 2.05) is 25.1 Å². The quantitative estimate of drug-likeness (QED) is 0.443. The maximum Gasteiger partial charge on any atom is 0.326 e. The van der Waals surface area contributed by atoms with Crippen LogP contribution in [0.3, 0.4) is 0 Å². The van der Waals surface area contributed by atoms with E-state index in [-0.39, 0.29) is 12.5 Å². The third kappa shape index (κ3) is 4.11. The van der Waals surface area contributed by atoms with Gasteiger partial charge in [0.25, 0.3) is 0 Å². The molecule has 0 spiro atoms. The molecule has 0 aromatic heterocycles. The SMILES string of the molecule is C#CCN=C(N)NC(=O)Nc1c(C)cccc1Br. The van der Waals surface area contributed by atoms with Gasteiger partial charge in [-0.1, -0.05) is 18.1 Å². The molecule has 0 atom stereocenters. The number of anilines is 1. The van der Waals surface area contributed by atoms with Crippen LogP contribution in [0.15, 0.2) is 27.7 Å². The summed E-state index contributed by atoms with van der Waals surface area (Å²) in [5.74, 6) is 2.27. The fraction of sp³-hybridized carbons (Fsp3) is 0.167. The van der Waals surface area contributed by atoms with E-state index >= 15 is 0 Å². The normalized spacial score (nSPS) is 10.6. The Morgan fingerprint density at radius 2 is 2.33 bits per heavy atom. The van der Waals surface area contributed by atoms with E-state index in [4.69, 9.17) is 12.2 Å². The number of para-hydroxylation sites is 1. The van der Waals surface area contributed by atoms with Gasteiger partial charge in [0.15, 0.2) is 5.96 Å². The molecule has 6 heteroatoms. The molecule has 0 aliphatic rings. The molecule has 0 saturated heterocycles. The number of aryl methyl sites for hydroxylation is 1. The summed E-state index contributed by atoms with van der Waals surface area (Å²) < 4.78 is 0.789. The van der Waals surface area contributed by atoms with Crippen LogP contribution in [-0.2, 0) is 0 Å². The van der Waals surface area contributed by atoms with Crippen LogP contribution < -0.4 is 16.4 Å². The zero-order valence-corrected chi connectivity index (χ0v) is 11.4. The number of rotatable bonds is 2. The maximum absolute atomic E-state index is 11.6. The largest absolute Gasteiger partial charge is 0.370 e. The minimum atomic E-state index is -0.469. The number of terminal acetylenes is 1. The Morgan fingerprint density at radius 1 is 1.61 bits per heavy atom. The molecule has 2 amide bonds. The third-order valence-electron chi connectivity index (χ3n) is 2.04. The molecule has 0 heterocycles. The molecule has 18 heavy (non-hydrogen) atoms. The number of halogens is 1. The number of urea groups is 1. The van der Waals surface area contributed by atoms with Crippen molar-refractivity contribution in [3.8, 4) is 12.3 Å². The molecule has 5 nitrogen and oxygen atoms in total. The van der Waals surface area contributed by atoms with Crippen LogP contribution in [0.1, 0.15) is 5.56 Å². The number of aliphatic imine (C=N–C) groups is 1. The number of amides is 2. The predicted molar refractivity (Wildman–Crippen MR) is 76.4 cm³/mol. The van der Waals surface area contributed by atoms with E-state index < -0.39 is 6.03 Å². The van der Waals surface area contributed by atoms with Gasteiger partial charge >= 0.3 is 6.03 Å². The average molecular weight is 309 g/mol. The van der Waals surface area contributed by atoms with Crippen LogP contribution >= 0.6 is 15.9 Å². The highest BCUT2D eigenvalue weighted by atomic mass is 79.9. The standard InChI is InChI=1S/C12H13BrN4O/c1-3-7-15-11(14)17-12(18)16-10-8(2)5-4-6-9(10)13/h1,4-6H,7H2,2H3,(H4,14,15,16,17,18).